The van der Waals surface area contributed by atoms with Gasteiger partial charge in [-0.25, -0.2) is 4.79 Å². The Morgan fingerprint density at radius 1 is 1.21 bits per heavy atom. The number of aromatic nitrogens is 2. The zero-order valence-electron chi connectivity index (χ0n) is 14.6. The van der Waals surface area contributed by atoms with Gasteiger partial charge in [0.15, 0.2) is 0 Å². The molecule has 0 fully saturated rings. The summed E-state index contributed by atoms with van der Waals surface area (Å²) in [6, 6.07) is 7.80. The van der Waals surface area contributed by atoms with Gasteiger partial charge in [0, 0.05) is 53.9 Å². The van der Waals surface area contributed by atoms with E-state index in [4.69, 9.17) is 0 Å². The summed E-state index contributed by atoms with van der Waals surface area (Å²) in [6.45, 7) is 7.13. The van der Waals surface area contributed by atoms with Crippen molar-refractivity contribution in [2.45, 2.75) is 36.8 Å². The maximum absolute atomic E-state index is 12.2. The fraction of sp³-hybridized carbons (Fsp3) is 0.389. The third-order valence-corrected chi connectivity index (χ3v) is 4.32. The van der Waals surface area contributed by atoms with Crippen molar-refractivity contribution < 1.29 is 4.79 Å². The summed E-state index contributed by atoms with van der Waals surface area (Å²) in [5.74, 6) is 0. The summed E-state index contributed by atoms with van der Waals surface area (Å²) in [6.07, 6.45) is 5.70. The van der Waals surface area contributed by atoms with Crippen LogP contribution in [0.2, 0.25) is 0 Å². The normalized spacial score (nSPS) is 11.2. The molecule has 1 N–H and O–H groups in total. The average molecular weight is 344 g/mol. The lowest BCUT2D eigenvalue weighted by molar-refractivity contribution is 0.223. The van der Waals surface area contributed by atoms with E-state index < -0.39 is 0 Å². The molecule has 5 nitrogen and oxygen atoms in total. The number of carbonyl (C=O) groups is 1. The van der Waals surface area contributed by atoms with E-state index in [2.05, 4.69) is 36.1 Å². The minimum atomic E-state index is -0.130. The Labute approximate surface area is 147 Å². The van der Waals surface area contributed by atoms with Gasteiger partial charge in [-0.2, -0.15) is 0 Å². The van der Waals surface area contributed by atoms with Gasteiger partial charge in [0.2, 0.25) is 0 Å². The van der Waals surface area contributed by atoms with Crippen molar-refractivity contribution in [3.63, 3.8) is 0 Å². The van der Waals surface area contributed by atoms with E-state index >= 15 is 0 Å². The second-order valence-corrected chi connectivity index (χ2v) is 8.44. The van der Waals surface area contributed by atoms with Crippen molar-refractivity contribution in [3.05, 3.63) is 48.5 Å². The number of hydrogen-bond donors (Lipinski definition) is 1. The van der Waals surface area contributed by atoms with Crippen molar-refractivity contribution in [2.24, 2.45) is 0 Å². The van der Waals surface area contributed by atoms with E-state index in [9.17, 15) is 4.79 Å². The van der Waals surface area contributed by atoms with Crippen molar-refractivity contribution in [2.75, 3.05) is 18.9 Å². The number of hydrogen-bond acceptors (Lipinski definition) is 4. The molecule has 0 aliphatic heterocycles. The van der Waals surface area contributed by atoms with E-state index in [1.165, 1.54) is 4.90 Å². The lowest BCUT2D eigenvalue weighted by atomic mass is 10.3. The lowest BCUT2D eigenvalue weighted by Crippen LogP contribution is -2.33. The molecule has 0 radical (unpaired) electrons. The first-order valence-corrected chi connectivity index (χ1v) is 8.71. The topological polar surface area (TPSA) is 58.1 Å². The Kier molecular flexibility index (Phi) is 6.20. The molecule has 2 amide bonds. The Balaban J connectivity index is 1.84. The first-order chi connectivity index (χ1) is 11.3. The van der Waals surface area contributed by atoms with Gasteiger partial charge < -0.3 is 10.2 Å². The molecule has 6 heteroatoms. The van der Waals surface area contributed by atoms with Gasteiger partial charge in [0.1, 0.15) is 0 Å². The number of likely N-dealkylation sites (N-methyl/N-ethyl adjacent to an activating group) is 1. The molecule has 1 aromatic carbocycles. The number of carbonyl (C=O) groups excluding carboxylic acids is 1. The molecule has 0 saturated heterocycles. The number of rotatable bonds is 5. The van der Waals surface area contributed by atoms with E-state index in [-0.39, 0.29) is 10.8 Å². The zero-order chi connectivity index (χ0) is 17.6. The average Bonchev–Trinajstić information content (AvgIpc) is 2.54. The molecular formula is C18H24N4OS. The standard InChI is InChI=1S/C18H24N4OS/c1-18(2,3)24-16-7-5-14(6-8-16)21-17(23)22(4)12-9-15-13-19-10-11-20-15/h5-8,10-11,13H,9,12H2,1-4H3,(H,21,23). The van der Waals surface area contributed by atoms with E-state index in [0.29, 0.717) is 13.0 Å². The minimum Gasteiger partial charge on any atom is -0.327 e. The van der Waals surface area contributed by atoms with Gasteiger partial charge >= 0.3 is 6.03 Å². The molecule has 2 aromatic rings. The van der Waals surface area contributed by atoms with Gasteiger partial charge in [-0.3, -0.25) is 9.97 Å². The molecule has 0 atom stereocenters. The second kappa shape index (κ2) is 8.15. The van der Waals surface area contributed by atoms with Crippen LogP contribution in [0.15, 0.2) is 47.8 Å². The Bertz CT molecular complexity index is 653. The van der Waals surface area contributed by atoms with Crippen LogP contribution in [-0.2, 0) is 6.42 Å². The molecular weight excluding hydrogens is 320 g/mol. The summed E-state index contributed by atoms with van der Waals surface area (Å²) in [7, 11) is 1.77. The predicted molar refractivity (Wildman–Crippen MR) is 99.4 cm³/mol. The Hall–Kier alpha value is -2.08. The van der Waals surface area contributed by atoms with Crippen LogP contribution in [0.25, 0.3) is 0 Å². The fourth-order valence-corrected chi connectivity index (χ4v) is 3.00. The summed E-state index contributed by atoms with van der Waals surface area (Å²) >= 11 is 1.80. The fourth-order valence-electron chi connectivity index (χ4n) is 2.02. The first-order valence-electron chi connectivity index (χ1n) is 7.89. The number of nitrogens with one attached hydrogen (secondary N) is 1. The van der Waals surface area contributed by atoms with Crippen LogP contribution in [0.1, 0.15) is 26.5 Å². The minimum absolute atomic E-state index is 0.130. The second-order valence-electron chi connectivity index (χ2n) is 6.54. The summed E-state index contributed by atoms with van der Waals surface area (Å²) in [5, 5.41) is 2.91. The molecule has 0 bridgehead atoms. The van der Waals surface area contributed by atoms with Crippen LogP contribution < -0.4 is 5.32 Å². The van der Waals surface area contributed by atoms with Crippen LogP contribution in [0.5, 0.6) is 0 Å². The Morgan fingerprint density at radius 2 is 1.92 bits per heavy atom. The van der Waals surface area contributed by atoms with E-state index in [1.807, 2.05) is 24.3 Å². The quantitative estimate of drug-likeness (QED) is 0.831. The van der Waals surface area contributed by atoms with Crippen LogP contribution in [0.3, 0.4) is 0 Å². The molecule has 0 aliphatic rings. The number of thioether (sulfide) groups is 1. The van der Waals surface area contributed by atoms with Crippen LogP contribution in [0.4, 0.5) is 10.5 Å². The molecule has 1 aromatic heterocycles. The molecule has 0 unspecified atom stereocenters. The molecule has 0 spiro atoms. The third kappa shape index (κ3) is 6.20. The van der Waals surface area contributed by atoms with Gasteiger partial charge in [0.05, 0.1) is 5.69 Å². The number of benzene rings is 1. The molecule has 2 rings (SSSR count). The molecule has 1 heterocycles. The first kappa shape index (κ1) is 18.3. The monoisotopic (exact) mass is 344 g/mol. The van der Waals surface area contributed by atoms with Gasteiger partial charge in [0.25, 0.3) is 0 Å². The van der Waals surface area contributed by atoms with Crippen molar-refractivity contribution in [3.8, 4) is 0 Å². The van der Waals surface area contributed by atoms with Crippen LogP contribution >= 0.6 is 11.8 Å². The zero-order valence-corrected chi connectivity index (χ0v) is 15.4. The highest BCUT2D eigenvalue weighted by Crippen LogP contribution is 2.32. The number of anilines is 1. The van der Waals surface area contributed by atoms with Crippen molar-refractivity contribution in [1.82, 2.24) is 14.9 Å². The highest BCUT2D eigenvalue weighted by atomic mass is 32.2. The maximum Gasteiger partial charge on any atom is 0.321 e. The van der Waals surface area contributed by atoms with Gasteiger partial charge in [-0.15, -0.1) is 11.8 Å². The largest absolute Gasteiger partial charge is 0.327 e. The van der Waals surface area contributed by atoms with Crippen molar-refractivity contribution >= 4 is 23.5 Å². The van der Waals surface area contributed by atoms with Crippen LogP contribution in [-0.4, -0.2) is 39.2 Å². The lowest BCUT2D eigenvalue weighted by Gasteiger charge is -2.19. The summed E-state index contributed by atoms with van der Waals surface area (Å²) in [5.41, 5.74) is 1.67. The summed E-state index contributed by atoms with van der Waals surface area (Å²) in [4.78, 5) is 23.3. The number of urea groups is 1. The van der Waals surface area contributed by atoms with Crippen molar-refractivity contribution in [1.29, 1.82) is 0 Å². The maximum atomic E-state index is 12.2. The number of amides is 2. The molecule has 0 aliphatic carbocycles. The smallest absolute Gasteiger partial charge is 0.321 e. The van der Waals surface area contributed by atoms with Gasteiger partial charge in [-0.05, 0) is 24.3 Å². The molecule has 128 valence electrons. The predicted octanol–water partition coefficient (Wildman–Crippen LogP) is 4.07. The number of nitrogens with zero attached hydrogens (tertiary/aromatic N) is 3. The van der Waals surface area contributed by atoms with Gasteiger partial charge in [-0.1, -0.05) is 20.8 Å². The van der Waals surface area contributed by atoms with Crippen LogP contribution in [0, 0.1) is 0 Å². The van der Waals surface area contributed by atoms with E-state index in [1.54, 1.807) is 42.3 Å². The Morgan fingerprint density at radius 3 is 2.50 bits per heavy atom. The highest BCUT2D eigenvalue weighted by Gasteiger charge is 2.13. The van der Waals surface area contributed by atoms with E-state index in [0.717, 1.165) is 11.4 Å². The highest BCUT2D eigenvalue weighted by molar-refractivity contribution is 8.00. The molecule has 0 saturated carbocycles. The third-order valence-electron chi connectivity index (χ3n) is 3.20. The SMILES string of the molecule is CN(CCc1cnccn1)C(=O)Nc1ccc(SC(C)(C)C)cc1. The summed E-state index contributed by atoms with van der Waals surface area (Å²) < 4.78 is 0.172. The molecule has 24 heavy (non-hydrogen) atoms.